The first-order valence-electron chi connectivity index (χ1n) is 6.27. The molecule has 0 aliphatic heterocycles. The molecule has 1 aromatic carbocycles. The van der Waals surface area contributed by atoms with E-state index in [1.54, 1.807) is 6.92 Å². The van der Waals surface area contributed by atoms with Crippen molar-refractivity contribution in [1.29, 1.82) is 0 Å². The zero-order chi connectivity index (χ0) is 13.7. The van der Waals surface area contributed by atoms with E-state index >= 15 is 0 Å². The van der Waals surface area contributed by atoms with Crippen LogP contribution >= 0.6 is 0 Å². The summed E-state index contributed by atoms with van der Waals surface area (Å²) in [5.41, 5.74) is 6.75. The molecule has 2 aromatic rings. The molecule has 2 rings (SSSR count). The van der Waals surface area contributed by atoms with Gasteiger partial charge < -0.3 is 14.9 Å². The van der Waals surface area contributed by atoms with Gasteiger partial charge in [0.2, 0.25) is 0 Å². The summed E-state index contributed by atoms with van der Waals surface area (Å²) in [7, 11) is 0. The highest BCUT2D eigenvalue weighted by Crippen LogP contribution is 2.22. The molecular formula is C15H17NO3. The van der Waals surface area contributed by atoms with Crippen molar-refractivity contribution in [3.8, 4) is 11.3 Å². The quantitative estimate of drug-likeness (QED) is 0.837. The van der Waals surface area contributed by atoms with Crippen molar-refractivity contribution in [2.24, 2.45) is 5.73 Å². The van der Waals surface area contributed by atoms with Crippen LogP contribution in [0.2, 0.25) is 0 Å². The van der Waals surface area contributed by atoms with E-state index in [2.05, 4.69) is 0 Å². The normalized spacial score (nSPS) is 12.1. The second kappa shape index (κ2) is 6.20. The Morgan fingerprint density at radius 1 is 1.26 bits per heavy atom. The maximum absolute atomic E-state index is 11.4. The number of nitrogens with two attached hydrogens (primary N) is 1. The number of rotatable bonds is 5. The molecule has 100 valence electrons. The van der Waals surface area contributed by atoms with Gasteiger partial charge in [0.25, 0.3) is 0 Å². The van der Waals surface area contributed by atoms with Crippen LogP contribution in [-0.4, -0.2) is 18.6 Å². The lowest BCUT2D eigenvalue weighted by Gasteiger charge is -2.08. The van der Waals surface area contributed by atoms with Crippen molar-refractivity contribution in [1.82, 2.24) is 0 Å². The molecule has 0 saturated heterocycles. The van der Waals surface area contributed by atoms with Crippen LogP contribution in [0.3, 0.4) is 0 Å². The molecule has 19 heavy (non-hydrogen) atoms. The van der Waals surface area contributed by atoms with E-state index in [-0.39, 0.29) is 0 Å². The smallest absolute Gasteiger partial charge is 0.323 e. The fraction of sp³-hybridized carbons (Fsp3) is 0.267. The zero-order valence-corrected chi connectivity index (χ0v) is 10.8. The lowest BCUT2D eigenvalue weighted by molar-refractivity contribution is -0.144. The maximum Gasteiger partial charge on any atom is 0.323 e. The molecule has 4 nitrogen and oxygen atoms in total. The van der Waals surface area contributed by atoms with Crippen molar-refractivity contribution in [3.63, 3.8) is 0 Å². The Bertz CT molecular complexity index is 533. The number of carbonyl (C=O) groups excluding carboxylic acids is 1. The van der Waals surface area contributed by atoms with E-state index in [4.69, 9.17) is 14.9 Å². The Balaban J connectivity index is 2.04. The fourth-order valence-corrected chi connectivity index (χ4v) is 1.79. The largest absolute Gasteiger partial charge is 0.465 e. The Morgan fingerprint density at radius 2 is 2.00 bits per heavy atom. The monoisotopic (exact) mass is 259 g/mol. The van der Waals surface area contributed by atoms with Crippen molar-refractivity contribution in [3.05, 3.63) is 48.2 Å². The SMILES string of the molecule is CCOC(=O)C(N)Cc1ccc(-c2ccccc2)o1. The number of hydrogen-bond acceptors (Lipinski definition) is 4. The Hall–Kier alpha value is -2.07. The summed E-state index contributed by atoms with van der Waals surface area (Å²) in [4.78, 5) is 11.4. The van der Waals surface area contributed by atoms with Crippen molar-refractivity contribution in [2.45, 2.75) is 19.4 Å². The van der Waals surface area contributed by atoms with Crippen LogP contribution in [-0.2, 0) is 16.0 Å². The molecule has 0 bridgehead atoms. The van der Waals surface area contributed by atoms with E-state index in [1.165, 1.54) is 0 Å². The van der Waals surface area contributed by atoms with Crippen LogP contribution in [0.25, 0.3) is 11.3 Å². The molecule has 1 aromatic heterocycles. The van der Waals surface area contributed by atoms with Gasteiger partial charge in [-0.2, -0.15) is 0 Å². The average Bonchev–Trinajstić information content (AvgIpc) is 2.88. The van der Waals surface area contributed by atoms with Crippen LogP contribution in [0.1, 0.15) is 12.7 Å². The summed E-state index contributed by atoms with van der Waals surface area (Å²) in [6.45, 7) is 2.09. The maximum atomic E-state index is 11.4. The molecule has 0 aliphatic rings. The Labute approximate surface area is 112 Å². The molecule has 1 heterocycles. The van der Waals surface area contributed by atoms with Crippen LogP contribution in [0.5, 0.6) is 0 Å². The third-order valence-corrected chi connectivity index (χ3v) is 2.73. The number of esters is 1. The van der Waals surface area contributed by atoms with Gasteiger partial charge in [0, 0.05) is 12.0 Å². The third-order valence-electron chi connectivity index (χ3n) is 2.73. The first-order valence-corrected chi connectivity index (χ1v) is 6.27. The van der Waals surface area contributed by atoms with Gasteiger partial charge in [-0.05, 0) is 19.1 Å². The molecule has 0 spiro atoms. The van der Waals surface area contributed by atoms with Gasteiger partial charge in [0.15, 0.2) is 0 Å². The number of ether oxygens (including phenoxy) is 1. The highest BCUT2D eigenvalue weighted by Gasteiger charge is 2.17. The van der Waals surface area contributed by atoms with Gasteiger partial charge in [0.1, 0.15) is 17.6 Å². The van der Waals surface area contributed by atoms with Crippen molar-refractivity contribution < 1.29 is 13.9 Å². The lowest BCUT2D eigenvalue weighted by atomic mass is 10.2. The average molecular weight is 259 g/mol. The van der Waals surface area contributed by atoms with Crippen molar-refractivity contribution in [2.75, 3.05) is 6.61 Å². The van der Waals surface area contributed by atoms with E-state index < -0.39 is 12.0 Å². The summed E-state index contributed by atoms with van der Waals surface area (Å²) in [6.07, 6.45) is 0.339. The second-order valence-corrected chi connectivity index (χ2v) is 4.19. The lowest BCUT2D eigenvalue weighted by Crippen LogP contribution is -2.34. The Kier molecular flexibility index (Phi) is 4.36. The minimum atomic E-state index is -0.685. The fourth-order valence-electron chi connectivity index (χ4n) is 1.79. The van der Waals surface area contributed by atoms with Crippen LogP contribution in [0.4, 0.5) is 0 Å². The minimum Gasteiger partial charge on any atom is -0.465 e. The number of hydrogen-bond donors (Lipinski definition) is 1. The molecular weight excluding hydrogens is 242 g/mol. The van der Waals surface area contributed by atoms with Crippen LogP contribution in [0, 0.1) is 0 Å². The van der Waals surface area contributed by atoms with Gasteiger partial charge in [-0.3, -0.25) is 4.79 Å². The van der Waals surface area contributed by atoms with Gasteiger partial charge >= 0.3 is 5.97 Å². The van der Waals surface area contributed by atoms with Crippen molar-refractivity contribution >= 4 is 5.97 Å². The molecule has 0 radical (unpaired) electrons. The highest BCUT2D eigenvalue weighted by molar-refractivity contribution is 5.75. The number of furan rings is 1. The standard InChI is InChI=1S/C15H17NO3/c1-2-18-15(17)13(16)10-12-8-9-14(19-12)11-6-4-3-5-7-11/h3-9,13H,2,10,16H2,1H3. The summed E-state index contributed by atoms with van der Waals surface area (Å²) in [6, 6.07) is 12.8. The summed E-state index contributed by atoms with van der Waals surface area (Å²) < 4.78 is 10.5. The topological polar surface area (TPSA) is 65.5 Å². The summed E-state index contributed by atoms with van der Waals surface area (Å²) in [5, 5.41) is 0. The van der Waals surface area contributed by atoms with E-state index in [0.717, 1.165) is 11.3 Å². The molecule has 1 atom stereocenters. The highest BCUT2D eigenvalue weighted by atomic mass is 16.5. The zero-order valence-electron chi connectivity index (χ0n) is 10.8. The van der Waals surface area contributed by atoms with Crippen LogP contribution < -0.4 is 5.73 Å². The molecule has 4 heteroatoms. The Morgan fingerprint density at radius 3 is 2.68 bits per heavy atom. The molecule has 0 aliphatic carbocycles. The molecule has 0 amide bonds. The third kappa shape index (κ3) is 3.45. The first-order chi connectivity index (χ1) is 9.20. The van der Waals surface area contributed by atoms with E-state index in [1.807, 2.05) is 42.5 Å². The first kappa shape index (κ1) is 13.4. The second-order valence-electron chi connectivity index (χ2n) is 4.19. The molecule has 0 fully saturated rings. The molecule has 1 unspecified atom stereocenters. The van der Waals surface area contributed by atoms with Gasteiger partial charge in [-0.15, -0.1) is 0 Å². The predicted molar refractivity (Wildman–Crippen MR) is 72.5 cm³/mol. The van der Waals surface area contributed by atoms with Gasteiger partial charge in [-0.1, -0.05) is 30.3 Å². The molecule has 2 N–H and O–H groups in total. The van der Waals surface area contributed by atoms with Crippen LogP contribution in [0.15, 0.2) is 46.9 Å². The number of carbonyl (C=O) groups is 1. The van der Waals surface area contributed by atoms with E-state index in [9.17, 15) is 4.79 Å². The van der Waals surface area contributed by atoms with Gasteiger partial charge in [0.05, 0.1) is 6.61 Å². The molecule has 0 saturated carbocycles. The minimum absolute atomic E-state index is 0.333. The summed E-state index contributed by atoms with van der Waals surface area (Å²) >= 11 is 0. The summed E-state index contributed by atoms with van der Waals surface area (Å²) in [5.74, 6) is 1.05. The number of benzene rings is 1. The predicted octanol–water partition coefficient (Wildman–Crippen LogP) is 2.38. The van der Waals surface area contributed by atoms with E-state index in [0.29, 0.717) is 18.8 Å². The van der Waals surface area contributed by atoms with Gasteiger partial charge in [-0.25, -0.2) is 0 Å².